The van der Waals surface area contributed by atoms with Crippen LogP contribution in [0.1, 0.15) is 44.4 Å². The van der Waals surface area contributed by atoms with E-state index in [1.807, 2.05) is 60.7 Å². The smallest absolute Gasteiger partial charge is 0.407 e. The molecule has 2 aliphatic heterocycles. The molecule has 2 fully saturated rings. The molecule has 2 aromatic rings. The van der Waals surface area contributed by atoms with Crippen molar-refractivity contribution in [3.8, 4) is 0 Å². The number of benzene rings is 2. The third-order valence-corrected chi connectivity index (χ3v) is 9.79. The van der Waals surface area contributed by atoms with E-state index < -0.39 is 31.9 Å². The highest BCUT2D eigenvalue weighted by atomic mass is 31.2. The van der Waals surface area contributed by atoms with Crippen molar-refractivity contribution in [3.63, 3.8) is 0 Å². The molecule has 44 heavy (non-hydrogen) atoms. The highest BCUT2D eigenvalue weighted by Gasteiger charge is 2.44. The van der Waals surface area contributed by atoms with Crippen LogP contribution in [0.15, 0.2) is 60.7 Å². The number of aliphatic hydroxyl groups is 1. The number of fused-ring (bicyclic) bond motifs is 1. The number of nitrogens with zero attached hydrogens (tertiary/aromatic N) is 1. The number of carbonyl (C=O) groups is 1. The molecule has 2 N–H and O–H groups in total. The Morgan fingerprint density at radius 1 is 1.07 bits per heavy atom. The molecule has 1 unspecified atom stereocenters. The zero-order chi connectivity index (χ0) is 31.4. The van der Waals surface area contributed by atoms with Crippen molar-refractivity contribution in [3.05, 3.63) is 71.8 Å². The van der Waals surface area contributed by atoms with Gasteiger partial charge in [-0.25, -0.2) is 4.79 Å². The van der Waals surface area contributed by atoms with E-state index in [2.05, 4.69) is 17.1 Å². The van der Waals surface area contributed by atoms with E-state index >= 15 is 0 Å². The molecule has 244 valence electrons. The van der Waals surface area contributed by atoms with Crippen molar-refractivity contribution in [2.45, 2.75) is 64.2 Å². The lowest BCUT2D eigenvalue weighted by atomic mass is 9.99. The molecule has 2 heterocycles. The van der Waals surface area contributed by atoms with Gasteiger partial charge >= 0.3 is 13.7 Å². The molecular formula is C32H47N2O9P. The first-order chi connectivity index (χ1) is 21.3. The topological polar surface area (TPSA) is 125 Å². The van der Waals surface area contributed by atoms with Crippen molar-refractivity contribution >= 4 is 13.7 Å². The number of hydrogen-bond acceptors (Lipinski definition) is 10. The molecule has 2 aliphatic rings. The first-order valence-electron chi connectivity index (χ1n) is 15.5. The minimum absolute atomic E-state index is 0.0150. The number of carbonyl (C=O) groups excluding carboxylic acids is 1. The van der Waals surface area contributed by atoms with Crippen molar-refractivity contribution in [2.75, 3.05) is 52.5 Å². The van der Waals surface area contributed by atoms with Crippen LogP contribution >= 0.6 is 7.60 Å². The number of amides is 1. The van der Waals surface area contributed by atoms with Gasteiger partial charge in [-0.2, -0.15) is 0 Å². The highest BCUT2D eigenvalue weighted by molar-refractivity contribution is 7.53. The Morgan fingerprint density at radius 3 is 2.43 bits per heavy atom. The maximum absolute atomic E-state index is 13.1. The van der Waals surface area contributed by atoms with E-state index in [1.54, 1.807) is 13.8 Å². The highest BCUT2D eigenvalue weighted by Crippen LogP contribution is 2.47. The predicted molar refractivity (Wildman–Crippen MR) is 165 cm³/mol. The molecule has 12 heteroatoms. The average molecular weight is 635 g/mol. The summed E-state index contributed by atoms with van der Waals surface area (Å²) in [6.45, 7) is 7.85. The first kappa shape index (κ1) is 34.5. The third kappa shape index (κ3) is 10.1. The Bertz CT molecular complexity index is 1160. The number of nitrogens with one attached hydrogen (secondary N) is 1. The number of aliphatic hydroxyl groups excluding tert-OH is 1. The van der Waals surface area contributed by atoms with Crippen LogP contribution in [0.3, 0.4) is 0 Å². The second-order valence-electron chi connectivity index (χ2n) is 11.0. The standard InChI is InChI=1S/C32H47N2O9P/c1-4-41-44(37,42-5-2)23-38-19-17-34(24(3)26-14-10-7-11-15-26)21-29(35)28(20-25-12-8-6-9-13-25)33-32(36)43-30-22-40-31-27(30)16-18-39-31/h6-15,24,27-31,35H,4-5,16-23H2,1-3H3,(H,33,36)/t24?,27-,28-,29-,30-,31+/m0/s1. The first-order valence-corrected chi connectivity index (χ1v) is 17.2. The van der Waals surface area contributed by atoms with Crippen molar-refractivity contribution < 1.29 is 42.5 Å². The van der Waals surface area contributed by atoms with Gasteiger partial charge in [0.25, 0.3) is 0 Å². The molecule has 4 rings (SSSR count). The Hall–Kier alpha value is -2.34. The summed E-state index contributed by atoms with van der Waals surface area (Å²) in [7, 11) is -3.35. The lowest BCUT2D eigenvalue weighted by molar-refractivity contribution is -0.0907. The maximum atomic E-state index is 13.1. The molecule has 0 radical (unpaired) electrons. The Labute approximate surface area is 260 Å². The van der Waals surface area contributed by atoms with Crippen LogP contribution in [0.25, 0.3) is 0 Å². The van der Waals surface area contributed by atoms with E-state index in [-0.39, 0.29) is 57.6 Å². The molecule has 0 aliphatic carbocycles. The van der Waals surface area contributed by atoms with Crippen molar-refractivity contribution in [1.82, 2.24) is 10.2 Å². The van der Waals surface area contributed by atoms with Gasteiger partial charge in [0.05, 0.1) is 51.1 Å². The minimum Gasteiger partial charge on any atom is -0.443 e. The lowest BCUT2D eigenvalue weighted by Gasteiger charge is -2.34. The predicted octanol–water partition coefficient (Wildman–Crippen LogP) is 4.75. The van der Waals surface area contributed by atoms with E-state index in [0.717, 1.165) is 17.5 Å². The van der Waals surface area contributed by atoms with Gasteiger partial charge in [-0.15, -0.1) is 0 Å². The van der Waals surface area contributed by atoms with Gasteiger partial charge in [-0.05, 0) is 44.7 Å². The van der Waals surface area contributed by atoms with Crippen molar-refractivity contribution in [1.29, 1.82) is 0 Å². The SMILES string of the molecule is CCOP(=O)(COCCN(C[C@H](O)[C@H](Cc1ccccc1)NC(=O)O[C@H]1CO[C@H]2OCC[C@H]21)C(C)c1ccccc1)OCC. The van der Waals surface area contributed by atoms with Crippen LogP contribution in [-0.2, 0) is 39.0 Å². The molecule has 0 aromatic heterocycles. The Balaban J connectivity index is 1.44. The summed E-state index contributed by atoms with van der Waals surface area (Å²) in [5, 5.41) is 14.6. The van der Waals surface area contributed by atoms with Crippen LogP contribution < -0.4 is 5.32 Å². The molecule has 2 saturated heterocycles. The fourth-order valence-corrected chi connectivity index (χ4v) is 7.00. The van der Waals surface area contributed by atoms with Gasteiger partial charge in [-0.1, -0.05) is 60.7 Å². The summed E-state index contributed by atoms with van der Waals surface area (Å²) in [5.74, 6) is 0.0150. The number of alkyl carbamates (subject to hydrolysis) is 1. The second-order valence-corrected chi connectivity index (χ2v) is 13.0. The van der Waals surface area contributed by atoms with Gasteiger partial charge in [0.2, 0.25) is 0 Å². The van der Waals surface area contributed by atoms with Gasteiger partial charge in [-0.3, -0.25) is 9.46 Å². The zero-order valence-corrected chi connectivity index (χ0v) is 26.8. The van der Waals surface area contributed by atoms with E-state index in [0.29, 0.717) is 19.6 Å². The van der Waals surface area contributed by atoms with Crippen molar-refractivity contribution in [2.24, 2.45) is 5.92 Å². The molecule has 0 saturated carbocycles. The largest absolute Gasteiger partial charge is 0.443 e. The summed E-state index contributed by atoms with van der Waals surface area (Å²) in [4.78, 5) is 15.2. The lowest BCUT2D eigenvalue weighted by Crippen LogP contribution is -2.51. The van der Waals surface area contributed by atoms with Crippen LogP contribution in [0.2, 0.25) is 0 Å². The Kier molecular flexibility index (Phi) is 13.6. The number of hydrogen-bond donors (Lipinski definition) is 2. The van der Waals surface area contributed by atoms with E-state index in [4.69, 9.17) is 28.0 Å². The molecule has 1 amide bonds. The fraction of sp³-hybridized carbons (Fsp3) is 0.594. The zero-order valence-electron chi connectivity index (χ0n) is 25.9. The molecule has 0 bridgehead atoms. The van der Waals surface area contributed by atoms with Crippen LogP contribution in [0, 0.1) is 5.92 Å². The van der Waals surface area contributed by atoms with Gasteiger partial charge in [0, 0.05) is 19.1 Å². The molecule has 0 spiro atoms. The monoisotopic (exact) mass is 634 g/mol. The molecule has 6 atom stereocenters. The van der Waals surface area contributed by atoms with Crippen LogP contribution in [0.4, 0.5) is 4.79 Å². The molecule has 11 nitrogen and oxygen atoms in total. The van der Waals surface area contributed by atoms with Gasteiger partial charge in [0.15, 0.2) is 6.29 Å². The summed E-state index contributed by atoms with van der Waals surface area (Å²) in [6.07, 6.45) is -1.25. The minimum atomic E-state index is -3.35. The van der Waals surface area contributed by atoms with Gasteiger partial charge in [0.1, 0.15) is 12.5 Å². The third-order valence-electron chi connectivity index (χ3n) is 7.98. The summed E-state index contributed by atoms with van der Waals surface area (Å²) in [6, 6.07) is 19.0. The maximum Gasteiger partial charge on any atom is 0.407 e. The normalized spacial score (nSPS) is 22.0. The molecular weight excluding hydrogens is 587 g/mol. The van der Waals surface area contributed by atoms with E-state index in [9.17, 15) is 14.5 Å². The number of rotatable bonds is 18. The van der Waals surface area contributed by atoms with E-state index in [1.165, 1.54) is 0 Å². The van der Waals surface area contributed by atoms with Gasteiger partial charge < -0.3 is 38.4 Å². The number of ether oxygens (including phenoxy) is 4. The fourth-order valence-electron chi connectivity index (χ4n) is 5.64. The Morgan fingerprint density at radius 2 is 1.75 bits per heavy atom. The van der Waals surface area contributed by atoms with Crippen LogP contribution in [-0.4, -0.2) is 93.1 Å². The summed E-state index contributed by atoms with van der Waals surface area (Å²) >= 11 is 0. The summed E-state index contributed by atoms with van der Waals surface area (Å²) in [5.41, 5.74) is 2.04. The quantitative estimate of drug-likeness (QED) is 0.175. The molecule has 2 aromatic carbocycles. The second kappa shape index (κ2) is 17.4. The average Bonchev–Trinajstić information content (AvgIpc) is 3.64. The summed E-state index contributed by atoms with van der Waals surface area (Å²) < 4.78 is 46.3. The van der Waals surface area contributed by atoms with Crippen LogP contribution in [0.5, 0.6) is 0 Å².